The molecule has 0 saturated heterocycles. The SMILES string of the molecule is CCOC(=O)c1cccc(NC(=O)C2CCCC2)c1C. The lowest BCUT2D eigenvalue weighted by atomic mass is 10.0. The van der Waals surface area contributed by atoms with E-state index in [4.69, 9.17) is 4.74 Å². The van der Waals surface area contributed by atoms with Crippen LogP contribution in [0.1, 0.15) is 48.5 Å². The monoisotopic (exact) mass is 275 g/mol. The van der Waals surface area contributed by atoms with Gasteiger partial charge in [-0.05, 0) is 44.4 Å². The average molecular weight is 275 g/mol. The van der Waals surface area contributed by atoms with Crippen molar-refractivity contribution in [3.05, 3.63) is 29.3 Å². The zero-order chi connectivity index (χ0) is 14.5. The van der Waals surface area contributed by atoms with Gasteiger partial charge in [0.15, 0.2) is 0 Å². The minimum Gasteiger partial charge on any atom is -0.462 e. The van der Waals surface area contributed by atoms with Crippen LogP contribution in [0.3, 0.4) is 0 Å². The van der Waals surface area contributed by atoms with Crippen molar-refractivity contribution in [3.63, 3.8) is 0 Å². The molecule has 0 spiro atoms. The standard InChI is InChI=1S/C16H21NO3/c1-3-20-16(19)13-9-6-10-14(11(13)2)17-15(18)12-7-4-5-8-12/h6,9-10,12H,3-5,7-8H2,1-2H3,(H,17,18). The van der Waals surface area contributed by atoms with Gasteiger partial charge < -0.3 is 10.1 Å². The van der Waals surface area contributed by atoms with Crippen LogP contribution in [0.4, 0.5) is 5.69 Å². The van der Waals surface area contributed by atoms with Gasteiger partial charge in [0.2, 0.25) is 5.91 Å². The van der Waals surface area contributed by atoms with E-state index in [0.29, 0.717) is 17.9 Å². The summed E-state index contributed by atoms with van der Waals surface area (Å²) >= 11 is 0. The van der Waals surface area contributed by atoms with Gasteiger partial charge in [0.25, 0.3) is 0 Å². The van der Waals surface area contributed by atoms with E-state index in [0.717, 1.165) is 31.2 Å². The first kappa shape index (κ1) is 14.6. The Labute approximate surface area is 119 Å². The summed E-state index contributed by atoms with van der Waals surface area (Å²) in [7, 11) is 0. The van der Waals surface area contributed by atoms with E-state index in [9.17, 15) is 9.59 Å². The second-order valence-electron chi connectivity index (χ2n) is 5.17. The Morgan fingerprint density at radius 2 is 2.00 bits per heavy atom. The average Bonchev–Trinajstić information content (AvgIpc) is 2.95. The summed E-state index contributed by atoms with van der Waals surface area (Å²) in [5.41, 5.74) is 1.97. The Morgan fingerprint density at radius 1 is 1.30 bits per heavy atom. The van der Waals surface area contributed by atoms with Crippen molar-refractivity contribution >= 4 is 17.6 Å². The number of carbonyl (C=O) groups excluding carboxylic acids is 2. The van der Waals surface area contributed by atoms with Crippen molar-refractivity contribution in [2.75, 3.05) is 11.9 Å². The summed E-state index contributed by atoms with van der Waals surface area (Å²) in [6.07, 6.45) is 4.17. The third-order valence-corrected chi connectivity index (χ3v) is 3.81. The molecule has 0 atom stereocenters. The number of benzene rings is 1. The molecule has 0 aliphatic heterocycles. The molecule has 1 aromatic rings. The molecular formula is C16H21NO3. The molecule has 1 fully saturated rings. The van der Waals surface area contributed by atoms with Crippen molar-refractivity contribution in [3.8, 4) is 0 Å². The predicted octanol–water partition coefficient (Wildman–Crippen LogP) is 3.30. The number of hydrogen-bond donors (Lipinski definition) is 1. The Hall–Kier alpha value is -1.84. The maximum absolute atomic E-state index is 12.1. The molecule has 0 heterocycles. The molecule has 4 heteroatoms. The van der Waals surface area contributed by atoms with Gasteiger partial charge in [0.1, 0.15) is 0 Å². The molecule has 1 aliphatic carbocycles. The maximum Gasteiger partial charge on any atom is 0.338 e. The topological polar surface area (TPSA) is 55.4 Å². The van der Waals surface area contributed by atoms with Gasteiger partial charge in [0.05, 0.1) is 12.2 Å². The van der Waals surface area contributed by atoms with Crippen molar-refractivity contribution in [1.29, 1.82) is 0 Å². The van der Waals surface area contributed by atoms with Gasteiger partial charge in [-0.25, -0.2) is 4.79 Å². The van der Waals surface area contributed by atoms with E-state index in [1.165, 1.54) is 0 Å². The van der Waals surface area contributed by atoms with E-state index in [1.807, 2.05) is 13.0 Å². The molecule has 0 unspecified atom stereocenters. The Morgan fingerprint density at radius 3 is 2.65 bits per heavy atom. The van der Waals surface area contributed by atoms with E-state index >= 15 is 0 Å². The zero-order valence-corrected chi connectivity index (χ0v) is 12.1. The van der Waals surface area contributed by atoms with Crippen LogP contribution >= 0.6 is 0 Å². The predicted molar refractivity (Wildman–Crippen MR) is 77.7 cm³/mol. The molecule has 0 radical (unpaired) electrons. The van der Waals surface area contributed by atoms with Crippen LogP contribution in [-0.2, 0) is 9.53 Å². The van der Waals surface area contributed by atoms with Crippen LogP contribution in [0, 0.1) is 12.8 Å². The number of hydrogen-bond acceptors (Lipinski definition) is 3. The van der Waals surface area contributed by atoms with Gasteiger partial charge in [-0.1, -0.05) is 18.9 Å². The second-order valence-corrected chi connectivity index (χ2v) is 5.17. The molecule has 1 aliphatic rings. The van der Waals surface area contributed by atoms with Crippen molar-refractivity contribution in [1.82, 2.24) is 0 Å². The maximum atomic E-state index is 12.1. The van der Waals surface area contributed by atoms with E-state index in [-0.39, 0.29) is 17.8 Å². The van der Waals surface area contributed by atoms with Gasteiger partial charge in [0, 0.05) is 11.6 Å². The molecule has 1 aromatic carbocycles. The minimum absolute atomic E-state index is 0.0617. The van der Waals surface area contributed by atoms with Crippen molar-refractivity contribution in [2.24, 2.45) is 5.92 Å². The second kappa shape index (κ2) is 6.55. The summed E-state index contributed by atoms with van der Waals surface area (Å²) < 4.78 is 5.02. The van der Waals surface area contributed by atoms with Gasteiger partial charge >= 0.3 is 5.97 Å². The normalized spacial score (nSPS) is 15.1. The fourth-order valence-electron chi connectivity index (χ4n) is 2.62. The Kier molecular flexibility index (Phi) is 4.77. The van der Waals surface area contributed by atoms with Crippen LogP contribution in [0.2, 0.25) is 0 Å². The van der Waals surface area contributed by atoms with E-state index in [2.05, 4.69) is 5.32 Å². The Bertz CT molecular complexity index is 504. The Balaban J connectivity index is 2.13. The molecule has 2 rings (SSSR count). The number of amides is 1. The third-order valence-electron chi connectivity index (χ3n) is 3.81. The number of esters is 1. The molecule has 20 heavy (non-hydrogen) atoms. The number of anilines is 1. The molecule has 0 bridgehead atoms. The van der Waals surface area contributed by atoms with Crippen LogP contribution in [0.25, 0.3) is 0 Å². The van der Waals surface area contributed by atoms with E-state index in [1.54, 1.807) is 19.1 Å². The fraction of sp³-hybridized carbons (Fsp3) is 0.500. The number of ether oxygens (including phenoxy) is 1. The lowest BCUT2D eigenvalue weighted by Gasteiger charge is -2.14. The molecule has 4 nitrogen and oxygen atoms in total. The van der Waals surface area contributed by atoms with Crippen molar-refractivity contribution in [2.45, 2.75) is 39.5 Å². The molecule has 1 saturated carbocycles. The van der Waals surface area contributed by atoms with Gasteiger partial charge in [-0.2, -0.15) is 0 Å². The summed E-state index contributed by atoms with van der Waals surface area (Å²) in [5.74, 6) is -0.172. The lowest BCUT2D eigenvalue weighted by molar-refractivity contribution is -0.119. The molecular weight excluding hydrogens is 254 g/mol. The van der Waals surface area contributed by atoms with Crippen LogP contribution in [0.15, 0.2) is 18.2 Å². The zero-order valence-electron chi connectivity index (χ0n) is 12.1. The molecule has 1 amide bonds. The highest BCUT2D eigenvalue weighted by molar-refractivity contribution is 5.97. The molecule has 1 N–H and O–H groups in total. The van der Waals surface area contributed by atoms with Crippen LogP contribution in [-0.4, -0.2) is 18.5 Å². The smallest absolute Gasteiger partial charge is 0.338 e. The van der Waals surface area contributed by atoms with Gasteiger partial charge in [-0.15, -0.1) is 0 Å². The number of carbonyl (C=O) groups is 2. The minimum atomic E-state index is -0.345. The first-order valence-electron chi connectivity index (χ1n) is 7.21. The number of rotatable bonds is 4. The van der Waals surface area contributed by atoms with E-state index < -0.39 is 0 Å². The largest absolute Gasteiger partial charge is 0.462 e. The van der Waals surface area contributed by atoms with Gasteiger partial charge in [-0.3, -0.25) is 4.79 Å². The fourth-order valence-corrected chi connectivity index (χ4v) is 2.62. The summed E-state index contributed by atoms with van der Waals surface area (Å²) in [4.78, 5) is 24.0. The summed E-state index contributed by atoms with van der Waals surface area (Å²) in [6.45, 7) is 3.95. The molecule has 0 aromatic heterocycles. The first-order valence-corrected chi connectivity index (χ1v) is 7.21. The highest BCUT2D eigenvalue weighted by atomic mass is 16.5. The first-order chi connectivity index (χ1) is 9.63. The molecule has 108 valence electrons. The lowest BCUT2D eigenvalue weighted by Crippen LogP contribution is -2.21. The summed E-state index contributed by atoms with van der Waals surface area (Å²) in [5, 5.41) is 2.94. The van der Waals surface area contributed by atoms with Crippen molar-refractivity contribution < 1.29 is 14.3 Å². The van der Waals surface area contributed by atoms with Crippen LogP contribution < -0.4 is 5.32 Å². The third kappa shape index (κ3) is 3.18. The highest BCUT2D eigenvalue weighted by Crippen LogP contribution is 2.27. The summed E-state index contributed by atoms with van der Waals surface area (Å²) in [6, 6.07) is 5.31. The quantitative estimate of drug-likeness (QED) is 0.858. The highest BCUT2D eigenvalue weighted by Gasteiger charge is 2.23. The van der Waals surface area contributed by atoms with Crippen LogP contribution in [0.5, 0.6) is 0 Å². The number of nitrogens with one attached hydrogen (secondary N) is 1.